The number of benzene rings is 2. The Morgan fingerprint density at radius 3 is 2.37 bits per heavy atom. The van der Waals surface area contributed by atoms with Crippen LogP contribution in [0.4, 0.5) is 0 Å². The summed E-state index contributed by atoms with van der Waals surface area (Å²) in [6, 6.07) is 22.1. The Balaban J connectivity index is 1.69. The Hall–Kier alpha value is -2.43. The Labute approximate surface area is 163 Å². The molecule has 0 radical (unpaired) electrons. The number of aliphatic hydroxyl groups is 1. The standard InChI is InChI=1S/C23H23NO2S/c1-15-18(16-9-5-3-6-10-16)13-20(27-15)23(26)22-19(14-21(25)24(22)2)17-11-7-4-8-12-17/h3-13,19,22-23,26H,14H2,1-2H3/t19-,22-,23-/m1/s1. The minimum Gasteiger partial charge on any atom is -0.385 e. The molecule has 1 N–H and O–H groups in total. The van der Waals surface area contributed by atoms with E-state index in [0.29, 0.717) is 6.42 Å². The molecule has 2 heterocycles. The van der Waals surface area contributed by atoms with Crippen molar-refractivity contribution in [1.82, 2.24) is 4.90 Å². The van der Waals surface area contributed by atoms with Gasteiger partial charge in [-0.2, -0.15) is 0 Å². The predicted molar refractivity (Wildman–Crippen MR) is 110 cm³/mol. The second kappa shape index (κ2) is 7.29. The van der Waals surface area contributed by atoms with Gasteiger partial charge in [0.1, 0.15) is 6.10 Å². The lowest BCUT2D eigenvalue weighted by Crippen LogP contribution is -2.36. The van der Waals surface area contributed by atoms with Gasteiger partial charge in [0, 0.05) is 29.1 Å². The van der Waals surface area contributed by atoms with Crippen LogP contribution in [0.3, 0.4) is 0 Å². The lowest BCUT2D eigenvalue weighted by Gasteiger charge is -2.29. The number of hydrogen-bond acceptors (Lipinski definition) is 3. The molecule has 0 bridgehead atoms. The van der Waals surface area contributed by atoms with E-state index in [1.54, 1.807) is 23.3 Å². The van der Waals surface area contributed by atoms with Gasteiger partial charge in [0.15, 0.2) is 0 Å². The Morgan fingerprint density at radius 1 is 1.07 bits per heavy atom. The Kier molecular flexibility index (Phi) is 4.85. The highest BCUT2D eigenvalue weighted by Gasteiger charge is 2.43. The zero-order valence-electron chi connectivity index (χ0n) is 15.5. The number of hydrogen-bond donors (Lipinski definition) is 1. The van der Waals surface area contributed by atoms with Crippen molar-refractivity contribution < 1.29 is 9.90 Å². The lowest BCUT2D eigenvalue weighted by atomic mass is 9.88. The maximum atomic E-state index is 12.4. The fourth-order valence-corrected chi connectivity index (χ4v) is 5.14. The summed E-state index contributed by atoms with van der Waals surface area (Å²) in [6.45, 7) is 2.08. The van der Waals surface area contributed by atoms with Crippen LogP contribution in [-0.4, -0.2) is 29.0 Å². The van der Waals surface area contributed by atoms with Crippen molar-refractivity contribution in [3.05, 3.63) is 82.0 Å². The van der Waals surface area contributed by atoms with Crippen molar-refractivity contribution in [2.45, 2.75) is 31.4 Å². The van der Waals surface area contributed by atoms with Crippen LogP contribution in [0.1, 0.15) is 33.8 Å². The summed E-state index contributed by atoms with van der Waals surface area (Å²) in [6.07, 6.45) is -0.258. The number of nitrogens with zero attached hydrogens (tertiary/aromatic N) is 1. The highest BCUT2D eigenvalue weighted by molar-refractivity contribution is 7.12. The number of thiophene rings is 1. The number of aliphatic hydroxyl groups excluding tert-OH is 1. The highest BCUT2D eigenvalue weighted by atomic mass is 32.1. The van der Waals surface area contributed by atoms with Crippen molar-refractivity contribution >= 4 is 17.2 Å². The average Bonchev–Trinajstić information content (AvgIpc) is 3.23. The molecule has 1 aliphatic rings. The van der Waals surface area contributed by atoms with Crippen molar-refractivity contribution in [1.29, 1.82) is 0 Å². The first-order valence-corrected chi connectivity index (χ1v) is 10.0. The molecule has 4 rings (SSSR count). The molecule has 2 aromatic carbocycles. The molecule has 4 heteroatoms. The fraction of sp³-hybridized carbons (Fsp3) is 0.261. The van der Waals surface area contributed by atoms with Crippen molar-refractivity contribution in [3.63, 3.8) is 0 Å². The number of aryl methyl sites for hydroxylation is 1. The van der Waals surface area contributed by atoms with E-state index in [0.717, 1.165) is 21.6 Å². The summed E-state index contributed by atoms with van der Waals surface area (Å²) < 4.78 is 0. The maximum absolute atomic E-state index is 12.4. The molecule has 3 nitrogen and oxygen atoms in total. The molecule has 138 valence electrons. The van der Waals surface area contributed by atoms with Gasteiger partial charge in [0.2, 0.25) is 5.91 Å². The summed E-state index contributed by atoms with van der Waals surface area (Å²) in [5.41, 5.74) is 3.41. The van der Waals surface area contributed by atoms with Crippen molar-refractivity contribution in [2.75, 3.05) is 7.05 Å². The quantitative estimate of drug-likeness (QED) is 0.711. The van der Waals surface area contributed by atoms with Gasteiger partial charge in [-0.05, 0) is 29.7 Å². The third-order valence-corrected chi connectivity index (χ3v) is 6.63. The van der Waals surface area contributed by atoms with Crippen LogP contribution in [-0.2, 0) is 4.79 Å². The highest BCUT2D eigenvalue weighted by Crippen LogP contribution is 2.43. The molecule has 1 fully saturated rings. The molecule has 1 aromatic heterocycles. The number of rotatable bonds is 4. The maximum Gasteiger partial charge on any atom is 0.223 e. The SMILES string of the molecule is Cc1sc([C@@H](O)[C@H]2[C@@H](c3ccccc3)CC(=O)N2C)cc1-c1ccccc1. The molecule has 3 aromatic rings. The summed E-state index contributed by atoms with van der Waals surface area (Å²) in [4.78, 5) is 16.2. The number of carbonyl (C=O) groups is 1. The van der Waals surface area contributed by atoms with Gasteiger partial charge < -0.3 is 10.0 Å². The first-order valence-electron chi connectivity index (χ1n) is 9.20. The lowest BCUT2D eigenvalue weighted by molar-refractivity contribution is -0.128. The second-order valence-electron chi connectivity index (χ2n) is 7.15. The van der Waals surface area contributed by atoms with Crippen LogP contribution in [0.25, 0.3) is 11.1 Å². The molecule has 1 aliphatic heterocycles. The predicted octanol–water partition coefficient (Wildman–Crippen LogP) is 4.77. The van der Waals surface area contributed by atoms with Gasteiger partial charge >= 0.3 is 0 Å². The van der Waals surface area contributed by atoms with Gasteiger partial charge in [-0.1, -0.05) is 60.7 Å². The molecule has 0 spiro atoms. The molecule has 0 aliphatic carbocycles. The second-order valence-corrected chi connectivity index (χ2v) is 8.43. The van der Waals surface area contributed by atoms with Crippen molar-refractivity contribution in [2.24, 2.45) is 0 Å². The van der Waals surface area contributed by atoms with E-state index in [4.69, 9.17) is 0 Å². The van der Waals surface area contributed by atoms with Gasteiger partial charge in [0.05, 0.1) is 6.04 Å². The molecule has 1 saturated heterocycles. The first kappa shape index (κ1) is 18.0. The Bertz CT molecular complexity index is 936. The average molecular weight is 378 g/mol. The topological polar surface area (TPSA) is 40.5 Å². The van der Waals surface area contributed by atoms with Gasteiger partial charge in [0.25, 0.3) is 0 Å². The van der Waals surface area contributed by atoms with Crippen LogP contribution in [0.15, 0.2) is 66.7 Å². The van der Waals surface area contributed by atoms with E-state index in [9.17, 15) is 9.90 Å². The van der Waals surface area contributed by atoms with E-state index >= 15 is 0 Å². The summed E-state index contributed by atoms with van der Waals surface area (Å²) >= 11 is 1.62. The largest absolute Gasteiger partial charge is 0.385 e. The third-order valence-electron chi connectivity index (χ3n) is 5.51. The zero-order valence-corrected chi connectivity index (χ0v) is 16.3. The Morgan fingerprint density at radius 2 is 1.70 bits per heavy atom. The number of likely N-dealkylation sites (N-methyl/N-ethyl adjacent to an activating group) is 1. The normalized spacial score (nSPS) is 20.9. The van der Waals surface area contributed by atoms with E-state index < -0.39 is 6.10 Å². The van der Waals surface area contributed by atoms with E-state index in [2.05, 4.69) is 25.1 Å². The van der Waals surface area contributed by atoms with Gasteiger partial charge in [-0.25, -0.2) is 0 Å². The molecule has 3 atom stereocenters. The molecule has 0 saturated carbocycles. The summed E-state index contributed by atoms with van der Waals surface area (Å²) in [7, 11) is 1.80. The molecule has 27 heavy (non-hydrogen) atoms. The molecular formula is C23H23NO2S. The van der Waals surface area contributed by atoms with Gasteiger partial charge in [-0.15, -0.1) is 11.3 Å². The van der Waals surface area contributed by atoms with Crippen LogP contribution in [0, 0.1) is 6.92 Å². The number of likely N-dealkylation sites (tertiary alicyclic amines) is 1. The zero-order chi connectivity index (χ0) is 19.0. The van der Waals surface area contributed by atoms with Crippen LogP contribution in [0.5, 0.6) is 0 Å². The van der Waals surface area contributed by atoms with Crippen LogP contribution < -0.4 is 0 Å². The van der Waals surface area contributed by atoms with Crippen LogP contribution in [0.2, 0.25) is 0 Å². The number of carbonyl (C=O) groups excluding carboxylic acids is 1. The van der Waals surface area contributed by atoms with E-state index in [-0.39, 0.29) is 17.9 Å². The molecular weight excluding hydrogens is 354 g/mol. The van der Waals surface area contributed by atoms with Gasteiger partial charge in [-0.3, -0.25) is 4.79 Å². The molecule has 0 unspecified atom stereocenters. The molecule has 1 amide bonds. The monoisotopic (exact) mass is 377 g/mol. The minimum atomic E-state index is -0.701. The van der Waals surface area contributed by atoms with Crippen LogP contribution >= 0.6 is 11.3 Å². The van der Waals surface area contributed by atoms with E-state index in [1.165, 1.54) is 4.88 Å². The first-order chi connectivity index (χ1) is 13.1. The summed E-state index contributed by atoms with van der Waals surface area (Å²) in [5, 5.41) is 11.2. The van der Waals surface area contributed by atoms with E-state index in [1.807, 2.05) is 48.5 Å². The fourth-order valence-electron chi connectivity index (χ4n) is 4.06. The third kappa shape index (κ3) is 3.31. The minimum absolute atomic E-state index is 0.00119. The number of amides is 1. The summed E-state index contributed by atoms with van der Waals surface area (Å²) in [5.74, 6) is 0.0887. The smallest absolute Gasteiger partial charge is 0.223 e. The van der Waals surface area contributed by atoms with Crippen molar-refractivity contribution in [3.8, 4) is 11.1 Å².